The smallest absolute Gasteiger partial charge is 0.169 e. The highest BCUT2D eigenvalue weighted by atomic mass is 19.1. The van der Waals surface area contributed by atoms with Gasteiger partial charge in [0.2, 0.25) is 0 Å². The van der Waals surface area contributed by atoms with E-state index >= 15 is 0 Å². The molecule has 0 saturated carbocycles. The molecule has 112 valence electrons. The Kier molecular flexibility index (Phi) is 4.77. The molecule has 0 unspecified atom stereocenters. The summed E-state index contributed by atoms with van der Waals surface area (Å²) in [5, 5.41) is 18.5. The Hall–Kier alpha value is -2.11. The van der Waals surface area contributed by atoms with Crippen LogP contribution in [0.25, 0.3) is 0 Å². The van der Waals surface area contributed by atoms with E-state index in [0.717, 1.165) is 0 Å². The maximum atomic E-state index is 14.0. The first-order chi connectivity index (χ1) is 10.0. The van der Waals surface area contributed by atoms with Crippen molar-refractivity contribution in [1.82, 2.24) is 0 Å². The molecular formula is C16H17FO4. The van der Waals surface area contributed by atoms with E-state index < -0.39 is 11.9 Å². The zero-order chi connectivity index (χ0) is 15.4. The maximum absolute atomic E-state index is 14.0. The van der Waals surface area contributed by atoms with Crippen molar-refractivity contribution in [3.8, 4) is 17.2 Å². The Morgan fingerprint density at radius 1 is 1.10 bits per heavy atom. The summed E-state index contributed by atoms with van der Waals surface area (Å²) in [5.41, 5.74) is 1.14. The average Bonchev–Trinajstić information content (AvgIpc) is 2.49. The van der Waals surface area contributed by atoms with Crippen LogP contribution in [0.2, 0.25) is 0 Å². The van der Waals surface area contributed by atoms with Gasteiger partial charge in [-0.05, 0) is 42.3 Å². The molecule has 2 aromatic rings. The lowest BCUT2D eigenvalue weighted by Crippen LogP contribution is -1.96. The molecule has 1 atom stereocenters. The highest BCUT2D eigenvalue weighted by molar-refractivity contribution is 5.46. The van der Waals surface area contributed by atoms with Crippen LogP contribution in [0.3, 0.4) is 0 Å². The molecule has 21 heavy (non-hydrogen) atoms. The highest BCUT2D eigenvalue weighted by Crippen LogP contribution is 2.34. The minimum Gasteiger partial charge on any atom is -0.493 e. The van der Waals surface area contributed by atoms with Crippen molar-refractivity contribution in [3.63, 3.8) is 0 Å². The van der Waals surface area contributed by atoms with Crippen LogP contribution in [0.4, 0.5) is 4.39 Å². The highest BCUT2D eigenvalue weighted by Gasteiger charge is 2.12. The Bertz CT molecular complexity index is 626. The van der Waals surface area contributed by atoms with E-state index in [1.807, 2.05) is 0 Å². The molecule has 2 aromatic carbocycles. The fourth-order valence-electron chi connectivity index (χ4n) is 1.87. The third kappa shape index (κ3) is 3.51. The summed E-state index contributed by atoms with van der Waals surface area (Å²) in [6, 6.07) is 9.17. The Labute approximate surface area is 122 Å². The lowest BCUT2D eigenvalue weighted by molar-refractivity contribution is 0.198. The summed E-state index contributed by atoms with van der Waals surface area (Å²) in [5.74, 6) is 0.218. The first-order valence-corrected chi connectivity index (χ1v) is 6.48. The monoisotopic (exact) mass is 292 g/mol. The van der Waals surface area contributed by atoms with Gasteiger partial charge < -0.3 is 19.7 Å². The van der Waals surface area contributed by atoms with E-state index in [-0.39, 0.29) is 12.4 Å². The molecule has 0 spiro atoms. The summed E-state index contributed by atoms with van der Waals surface area (Å²) in [4.78, 5) is 0. The minimum absolute atomic E-state index is 0.0365. The number of rotatable bonds is 5. The predicted molar refractivity (Wildman–Crippen MR) is 76.0 cm³/mol. The number of hydrogen-bond donors (Lipinski definition) is 2. The van der Waals surface area contributed by atoms with Crippen LogP contribution in [0.5, 0.6) is 17.2 Å². The molecule has 0 bridgehead atoms. The van der Waals surface area contributed by atoms with Gasteiger partial charge in [-0.2, -0.15) is 0 Å². The lowest BCUT2D eigenvalue weighted by atomic mass is 10.1. The van der Waals surface area contributed by atoms with Crippen molar-refractivity contribution in [3.05, 3.63) is 53.3 Å². The molecule has 0 aliphatic rings. The molecule has 0 aliphatic carbocycles. The van der Waals surface area contributed by atoms with Gasteiger partial charge in [0.25, 0.3) is 0 Å². The first-order valence-electron chi connectivity index (χ1n) is 6.48. The van der Waals surface area contributed by atoms with Crippen LogP contribution in [-0.4, -0.2) is 17.3 Å². The summed E-state index contributed by atoms with van der Waals surface area (Å²) < 4.78 is 24.6. The minimum atomic E-state index is -0.744. The van der Waals surface area contributed by atoms with E-state index in [1.54, 1.807) is 31.2 Å². The quantitative estimate of drug-likeness (QED) is 0.888. The molecular weight excluding hydrogens is 275 g/mol. The lowest BCUT2D eigenvalue weighted by Gasteiger charge is -2.13. The average molecular weight is 292 g/mol. The van der Waals surface area contributed by atoms with E-state index in [9.17, 15) is 9.50 Å². The number of ether oxygens (including phenoxy) is 2. The standard InChI is InChI=1S/C16H17FO4/c1-10(19)12-4-6-14(13(17)8-12)21-15-5-3-11(9-18)7-16(15)20-2/h3-8,10,18-19H,9H2,1-2H3/t10-/m0/s1. The fraction of sp³-hybridized carbons (Fsp3) is 0.250. The number of hydrogen-bond acceptors (Lipinski definition) is 4. The number of benzene rings is 2. The van der Waals surface area contributed by atoms with Gasteiger partial charge in [0.15, 0.2) is 23.1 Å². The molecule has 0 amide bonds. The van der Waals surface area contributed by atoms with Crippen LogP contribution >= 0.6 is 0 Å². The van der Waals surface area contributed by atoms with Crippen molar-refractivity contribution in [2.75, 3.05) is 7.11 Å². The van der Waals surface area contributed by atoms with Crippen LogP contribution in [-0.2, 0) is 6.61 Å². The van der Waals surface area contributed by atoms with Crippen molar-refractivity contribution in [2.45, 2.75) is 19.6 Å². The van der Waals surface area contributed by atoms with Gasteiger partial charge in [0.05, 0.1) is 19.8 Å². The molecule has 2 N–H and O–H groups in total. The predicted octanol–water partition coefficient (Wildman–Crippen LogP) is 3.17. The normalized spacial score (nSPS) is 12.0. The SMILES string of the molecule is COc1cc(CO)ccc1Oc1ccc([C@H](C)O)cc1F. The summed E-state index contributed by atoms with van der Waals surface area (Å²) in [7, 11) is 1.47. The molecule has 0 saturated heterocycles. The number of aliphatic hydroxyl groups excluding tert-OH is 2. The van der Waals surface area contributed by atoms with E-state index in [1.165, 1.54) is 19.2 Å². The summed E-state index contributed by atoms with van der Waals surface area (Å²) >= 11 is 0. The van der Waals surface area contributed by atoms with E-state index in [2.05, 4.69) is 0 Å². The zero-order valence-corrected chi connectivity index (χ0v) is 11.8. The van der Waals surface area contributed by atoms with Gasteiger partial charge in [0, 0.05) is 0 Å². The zero-order valence-electron chi connectivity index (χ0n) is 11.8. The van der Waals surface area contributed by atoms with Crippen LogP contribution in [0.15, 0.2) is 36.4 Å². The van der Waals surface area contributed by atoms with Crippen molar-refractivity contribution >= 4 is 0 Å². The Balaban J connectivity index is 2.29. The third-order valence-corrected chi connectivity index (χ3v) is 3.07. The molecule has 0 fully saturated rings. The van der Waals surface area contributed by atoms with Gasteiger partial charge in [-0.25, -0.2) is 4.39 Å². The Morgan fingerprint density at radius 2 is 1.81 bits per heavy atom. The number of aliphatic hydroxyl groups is 2. The first kappa shape index (κ1) is 15.3. The maximum Gasteiger partial charge on any atom is 0.169 e. The van der Waals surface area contributed by atoms with E-state index in [4.69, 9.17) is 14.6 Å². The Morgan fingerprint density at radius 3 is 2.38 bits per heavy atom. The number of methoxy groups -OCH3 is 1. The van der Waals surface area contributed by atoms with E-state index in [0.29, 0.717) is 22.6 Å². The molecule has 0 heterocycles. The van der Waals surface area contributed by atoms with Crippen molar-refractivity contribution in [1.29, 1.82) is 0 Å². The summed E-state index contributed by atoms with van der Waals surface area (Å²) in [6.07, 6.45) is -0.744. The number of halogens is 1. The van der Waals surface area contributed by atoms with Crippen LogP contribution in [0, 0.1) is 5.82 Å². The largest absolute Gasteiger partial charge is 0.493 e. The molecule has 4 nitrogen and oxygen atoms in total. The van der Waals surface area contributed by atoms with Gasteiger partial charge in [-0.3, -0.25) is 0 Å². The molecule has 0 aliphatic heterocycles. The van der Waals surface area contributed by atoms with Gasteiger partial charge in [-0.1, -0.05) is 12.1 Å². The van der Waals surface area contributed by atoms with Crippen LogP contribution < -0.4 is 9.47 Å². The second kappa shape index (κ2) is 6.56. The van der Waals surface area contributed by atoms with Gasteiger partial charge >= 0.3 is 0 Å². The second-order valence-corrected chi connectivity index (χ2v) is 4.61. The van der Waals surface area contributed by atoms with Gasteiger partial charge in [0.1, 0.15) is 0 Å². The van der Waals surface area contributed by atoms with Crippen molar-refractivity contribution < 1.29 is 24.1 Å². The fourth-order valence-corrected chi connectivity index (χ4v) is 1.87. The topological polar surface area (TPSA) is 58.9 Å². The van der Waals surface area contributed by atoms with Crippen molar-refractivity contribution in [2.24, 2.45) is 0 Å². The summed E-state index contributed by atoms with van der Waals surface area (Å²) in [6.45, 7) is 1.44. The molecule has 0 aromatic heterocycles. The molecule has 2 rings (SSSR count). The van der Waals surface area contributed by atoms with Crippen LogP contribution in [0.1, 0.15) is 24.2 Å². The second-order valence-electron chi connectivity index (χ2n) is 4.61. The molecule has 0 radical (unpaired) electrons. The van der Waals surface area contributed by atoms with Gasteiger partial charge in [-0.15, -0.1) is 0 Å². The molecule has 5 heteroatoms. The third-order valence-electron chi connectivity index (χ3n) is 3.07.